The van der Waals surface area contributed by atoms with E-state index in [2.05, 4.69) is 20.9 Å². The topological polar surface area (TPSA) is 43.6 Å². The molecule has 0 amide bonds. The number of esters is 1. The lowest BCUT2D eigenvalue weighted by Gasteiger charge is -2.00. The Morgan fingerprint density at radius 3 is 3.00 bits per heavy atom. The van der Waals surface area contributed by atoms with Crippen LogP contribution in [0.15, 0.2) is 22.9 Å². The van der Waals surface area contributed by atoms with Crippen molar-refractivity contribution in [1.29, 1.82) is 0 Å². The SMILES string of the molecule is CCOC(=O)c1cn2cc(Br)cc(CCl)c2n1. The molecule has 0 spiro atoms. The molecule has 0 N–H and O–H groups in total. The average molecular weight is 318 g/mol. The van der Waals surface area contributed by atoms with Gasteiger partial charge in [-0.1, -0.05) is 0 Å². The van der Waals surface area contributed by atoms with E-state index >= 15 is 0 Å². The molecule has 0 aromatic carbocycles. The Morgan fingerprint density at radius 2 is 2.35 bits per heavy atom. The van der Waals surface area contributed by atoms with Crippen molar-refractivity contribution >= 4 is 39.1 Å². The molecule has 0 saturated carbocycles. The van der Waals surface area contributed by atoms with E-state index in [9.17, 15) is 4.79 Å². The number of ether oxygens (including phenoxy) is 1. The first-order valence-electron chi connectivity index (χ1n) is 5.06. The minimum Gasteiger partial charge on any atom is -0.461 e. The number of hydrogen-bond acceptors (Lipinski definition) is 3. The number of halogens is 2. The highest BCUT2D eigenvalue weighted by Crippen LogP contribution is 2.19. The van der Waals surface area contributed by atoms with Crippen molar-refractivity contribution in [2.24, 2.45) is 0 Å². The van der Waals surface area contributed by atoms with Crippen LogP contribution in [0, 0.1) is 0 Å². The number of aromatic nitrogens is 2. The van der Waals surface area contributed by atoms with Gasteiger partial charge in [-0.3, -0.25) is 0 Å². The molecule has 2 aromatic rings. The number of carbonyl (C=O) groups is 1. The molecular weight excluding hydrogens is 307 g/mol. The minimum absolute atomic E-state index is 0.288. The molecular formula is C11H10BrClN2O2. The third kappa shape index (κ3) is 2.45. The minimum atomic E-state index is -0.423. The first-order chi connectivity index (χ1) is 8.15. The molecule has 2 heterocycles. The number of rotatable bonds is 3. The second-order valence-electron chi connectivity index (χ2n) is 3.39. The number of imidazole rings is 1. The molecule has 6 heteroatoms. The quantitative estimate of drug-likeness (QED) is 0.645. The molecule has 0 saturated heterocycles. The second-order valence-corrected chi connectivity index (χ2v) is 4.58. The number of hydrogen-bond donors (Lipinski definition) is 0. The summed E-state index contributed by atoms with van der Waals surface area (Å²) in [5.41, 5.74) is 1.82. The van der Waals surface area contributed by atoms with Gasteiger partial charge < -0.3 is 9.14 Å². The van der Waals surface area contributed by atoms with Gasteiger partial charge in [-0.25, -0.2) is 9.78 Å². The normalized spacial score (nSPS) is 10.8. The Hall–Kier alpha value is -1.07. The largest absolute Gasteiger partial charge is 0.461 e. The maximum absolute atomic E-state index is 11.6. The van der Waals surface area contributed by atoms with Gasteiger partial charge in [0.1, 0.15) is 5.65 Å². The van der Waals surface area contributed by atoms with Crippen LogP contribution in [-0.2, 0) is 10.6 Å². The fourth-order valence-electron chi connectivity index (χ4n) is 1.53. The molecule has 17 heavy (non-hydrogen) atoms. The predicted molar refractivity (Wildman–Crippen MR) is 68.4 cm³/mol. The molecule has 0 aliphatic heterocycles. The molecule has 2 rings (SSSR count). The van der Waals surface area contributed by atoms with Crippen LogP contribution in [0.2, 0.25) is 0 Å². The van der Waals surface area contributed by atoms with Gasteiger partial charge in [0.25, 0.3) is 0 Å². The molecule has 0 bridgehead atoms. The fourth-order valence-corrected chi connectivity index (χ4v) is 2.23. The zero-order valence-corrected chi connectivity index (χ0v) is 11.5. The Balaban J connectivity index is 2.53. The van der Waals surface area contributed by atoms with Crippen molar-refractivity contribution in [2.75, 3.05) is 6.61 Å². The Morgan fingerprint density at radius 1 is 1.59 bits per heavy atom. The maximum Gasteiger partial charge on any atom is 0.358 e. The van der Waals surface area contributed by atoms with Crippen LogP contribution in [0.3, 0.4) is 0 Å². The van der Waals surface area contributed by atoms with Crippen LogP contribution in [0.25, 0.3) is 5.65 Å². The van der Waals surface area contributed by atoms with Gasteiger partial charge in [-0.2, -0.15) is 0 Å². The van der Waals surface area contributed by atoms with E-state index in [-0.39, 0.29) is 5.69 Å². The summed E-state index contributed by atoms with van der Waals surface area (Å²) in [5, 5.41) is 0. The highest BCUT2D eigenvalue weighted by molar-refractivity contribution is 9.10. The summed E-state index contributed by atoms with van der Waals surface area (Å²) in [6.07, 6.45) is 3.45. The van der Waals surface area contributed by atoms with Crippen molar-refractivity contribution in [3.8, 4) is 0 Å². The van der Waals surface area contributed by atoms with E-state index in [1.165, 1.54) is 0 Å². The van der Waals surface area contributed by atoms with Gasteiger partial charge in [-0.15, -0.1) is 11.6 Å². The molecule has 0 fully saturated rings. The summed E-state index contributed by atoms with van der Waals surface area (Å²) in [7, 11) is 0. The molecule has 4 nitrogen and oxygen atoms in total. The number of alkyl halides is 1. The summed E-state index contributed by atoms with van der Waals surface area (Å²) in [6, 6.07) is 1.88. The van der Waals surface area contributed by atoms with E-state index in [0.717, 1.165) is 10.0 Å². The zero-order chi connectivity index (χ0) is 12.4. The Kier molecular flexibility index (Phi) is 3.69. The molecule has 0 unspecified atom stereocenters. The lowest BCUT2D eigenvalue weighted by atomic mass is 10.3. The monoisotopic (exact) mass is 316 g/mol. The molecule has 0 atom stereocenters. The van der Waals surface area contributed by atoms with Crippen molar-refractivity contribution < 1.29 is 9.53 Å². The maximum atomic E-state index is 11.6. The third-order valence-corrected chi connectivity index (χ3v) is 2.94. The molecule has 0 aliphatic rings. The highest BCUT2D eigenvalue weighted by Gasteiger charge is 2.13. The summed E-state index contributed by atoms with van der Waals surface area (Å²) in [6.45, 7) is 2.09. The Bertz CT molecular complexity index is 568. The second kappa shape index (κ2) is 5.06. The number of pyridine rings is 1. The van der Waals surface area contributed by atoms with Crippen LogP contribution >= 0.6 is 27.5 Å². The van der Waals surface area contributed by atoms with Crippen LogP contribution < -0.4 is 0 Å². The van der Waals surface area contributed by atoms with Crippen molar-refractivity contribution in [3.05, 3.63) is 34.2 Å². The number of fused-ring (bicyclic) bond motifs is 1. The molecule has 90 valence electrons. The molecule has 0 aliphatic carbocycles. The lowest BCUT2D eigenvalue weighted by molar-refractivity contribution is 0.0520. The number of nitrogens with zero attached hydrogens (tertiary/aromatic N) is 2. The van der Waals surface area contributed by atoms with Crippen LogP contribution in [0.4, 0.5) is 0 Å². The van der Waals surface area contributed by atoms with Gasteiger partial charge >= 0.3 is 5.97 Å². The van der Waals surface area contributed by atoms with E-state index < -0.39 is 5.97 Å². The molecule has 0 radical (unpaired) electrons. The van der Waals surface area contributed by atoms with Crippen LogP contribution in [0.5, 0.6) is 0 Å². The van der Waals surface area contributed by atoms with Crippen LogP contribution in [0.1, 0.15) is 23.0 Å². The summed E-state index contributed by atoms with van der Waals surface area (Å²) >= 11 is 9.22. The average Bonchev–Trinajstić information content (AvgIpc) is 2.71. The van der Waals surface area contributed by atoms with Gasteiger partial charge in [-0.05, 0) is 28.9 Å². The Labute approximate surface area is 112 Å². The highest BCUT2D eigenvalue weighted by atomic mass is 79.9. The van der Waals surface area contributed by atoms with Crippen molar-refractivity contribution in [1.82, 2.24) is 9.38 Å². The predicted octanol–water partition coefficient (Wildman–Crippen LogP) is 3.01. The van der Waals surface area contributed by atoms with E-state index in [0.29, 0.717) is 18.1 Å². The number of carbonyl (C=O) groups excluding carboxylic acids is 1. The summed E-state index contributed by atoms with van der Waals surface area (Å²) < 4.78 is 7.54. The van der Waals surface area contributed by atoms with Gasteiger partial charge in [0.15, 0.2) is 5.69 Å². The van der Waals surface area contributed by atoms with Gasteiger partial charge in [0.05, 0.1) is 12.5 Å². The van der Waals surface area contributed by atoms with Crippen molar-refractivity contribution in [3.63, 3.8) is 0 Å². The standard InChI is InChI=1S/C11H10BrClN2O2/c1-2-17-11(16)9-6-15-5-8(12)3-7(4-13)10(15)14-9/h3,5-6H,2,4H2,1H3. The first kappa shape index (κ1) is 12.4. The van der Waals surface area contributed by atoms with Gasteiger partial charge in [0.2, 0.25) is 0 Å². The third-order valence-electron chi connectivity index (χ3n) is 2.22. The van der Waals surface area contributed by atoms with Gasteiger partial charge in [0, 0.05) is 22.4 Å². The lowest BCUT2D eigenvalue weighted by Crippen LogP contribution is -2.04. The fraction of sp³-hybridized carbons (Fsp3) is 0.273. The van der Waals surface area contributed by atoms with E-state index in [4.69, 9.17) is 16.3 Å². The van der Waals surface area contributed by atoms with Crippen LogP contribution in [-0.4, -0.2) is 22.0 Å². The van der Waals surface area contributed by atoms with E-state index in [1.54, 1.807) is 17.5 Å². The zero-order valence-electron chi connectivity index (χ0n) is 9.11. The summed E-state index contributed by atoms with van der Waals surface area (Å²) in [5.74, 6) is -0.0878. The molecule has 2 aromatic heterocycles. The van der Waals surface area contributed by atoms with Crippen molar-refractivity contribution in [2.45, 2.75) is 12.8 Å². The first-order valence-corrected chi connectivity index (χ1v) is 6.38. The smallest absolute Gasteiger partial charge is 0.358 e. The summed E-state index contributed by atoms with van der Waals surface area (Å²) in [4.78, 5) is 15.8. The van der Waals surface area contributed by atoms with E-state index in [1.807, 2.05) is 12.3 Å².